The minimum Gasteiger partial charge on any atom is -0.378 e. The van der Waals surface area contributed by atoms with Gasteiger partial charge in [-0.25, -0.2) is 0 Å². The van der Waals surface area contributed by atoms with Crippen LogP contribution in [0.5, 0.6) is 0 Å². The molecule has 0 saturated carbocycles. The van der Waals surface area contributed by atoms with Gasteiger partial charge in [0.15, 0.2) is 0 Å². The van der Waals surface area contributed by atoms with Gasteiger partial charge in [-0.3, -0.25) is 4.79 Å². The summed E-state index contributed by atoms with van der Waals surface area (Å²) in [6.45, 7) is 1.49. The van der Waals surface area contributed by atoms with Crippen molar-refractivity contribution in [3.05, 3.63) is 34.9 Å². The van der Waals surface area contributed by atoms with E-state index in [9.17, 15) is 4.79 Å². The maximum absolute atomic E-state index is 12.0. The minimum absolute atomic E-state index is 0.00600. The predicted molar refractivity (Wildman–Crippen MR) is 66.4 cm³/mol. The first-order valence-corrected chi connectivity index (χ1v) is 5.88. The van der Waals surface area contributed by atoms with Gasteiger partial charge in [-0.1, -0.05) is 17.7 Å². The van der Waals surface area contributed by atoms with Gasteiger partial charge in [0.25, 0.3) is 5.91 Å². The predicted octanol–water partition coefficient (Wildman–Crippen LogP) is 1.06. The third-order valence-electron chi connectivity index (χ3n) is 2.86. The molecule has 0 radical (unpaired) electrons. The number of rotatable bonds is 3. The zero-order valence-corrected chi connectivity index (χ0v) is 10.3. The number of methoxy groups -OCH3 is 1. The van der Waals surface area contributed by atoms with E-state index < -0.39 is 0 Å². The Kier molecular flexibility index (Phi) is 3.99. The summed E-state index contributed by atoms with van der Waals surface area (Å²) in [6.07, 6.45) is 0.0261. The Morgan fingerprint density at radius 2 is 2.35 bits per heavy atom. The Balaban J connectivity index is 2.01. The van der Waals surface area contributed by atoms with Crippen molar-refractivity contribution in [2.24, 2.45) is 0 Å². The van der Waals surface area contributed by atoms with Gasteiger partial charge in [0.1, 0.15) is 0 Å². The summed E-state index contributed by atoms with van der Waals surface area (Å²) < 4.78 is 5.28. The van der Waals surface area contributed by atoms with Crippen LogP contribution in [0.25, 0.3) is 0 Å². The van der Waals surface area contributed by atoms with Crippen LogP contribution in [0.3, 0.4) is 0 Å². The van der Waals surface area contributed by atoms with Crippen molar-refractivity contribution in [3.8, 4) is 0 Å². The summed E-state index contributed by atoms with van der Waals surface area (Å²) >= 11 is 5.84. The van der Waals surface area contributed by atoms with Crippen LogP contribution in [0.2, 0.25) is 5.02 Å². The van der Waals surface area contributed by atoms with Gasteiger partial charge in [-0.05, 0) is 18.2 Å². The molecule has 0 bridgehead atoms. The second-order valence-corrected chi connectivity index (χ2v) is 4.46. The van der Waals surface area contributed by atoms with Crippen molar-refractivity contribution in [2.45, 2.75) is 12.1 Å². The molecule has 0 aliphatic carbocycles. The third kappa shape index (κ3) is 2.97. The van der Waals surface area contributed by atoms with Gasteiger partial charge >= 0.3 is 0 Å². The number of carbonyl (C=O) groups is 1. The number of hydrogen-bond donors (Lipinski definition) is 2. The third-order valence-corrected chi connectivity index (χ3v) is 3.10. The molecule has 1 aromatic carbocycles. The lowest BCUT2D eigenvalue weighted by atomic mass is 10.1. The molecule has 2 atom stereocenters. The molecular weight excluding hydrogens is 240 g/mol. The normalized spacial score (nSPS) is 23.6. The van der Waals surface area contributed by atoms with Crippen molar-refractivity contribution in [1.29, 1.82) is 0 Å². The molecule has 1 saturated heterocycles. The van der Waals surface area contributed by atoms with Crippen LogP contribution < -0.4 is 10.6 Å². The van der Waals surface area contributed by atoms with Crippen molar-refractivity contribution in [3.63, 3.8) is 0 Å². The highest BCUT2D eigenvalue weighted by atomic mass is 35.5. The SMILES string of the molecule is CO[C@@H]1CNCC1NC(=O)c1cccc(Cl)c1. The molecule has 1 aromatic rings. The number of ether oxygens (including phenoxy) is 1. The Labute approximate surface area is 105 Å². The molecule has 1 heterocycles. The molecule has 1 amide bonds. The van der Waals surface area contributed by atoms with Gasteiger partial charge < -0.3 is 15.4 Å². The van der Waals surface area contributed by atoms with Gasteiger partial charge in [0, 0.05) is 30.8 Å². The lowest BCUT2D eigenvalue weighted by molar-refractivity contribution is 0.0780. The van der Waals surface area contributed by atoms with Gasteiger partial charge in [0.05, 0.1) is 12.1 Å². The highest BCUT2D eigenvalue weighted by Crippen LogP contribution is 2.11. The summed E-state index contributed by atoms with van der Waals surface area (Å²) in [5, 5.41) is 6.67. The standard InChI is InChI=1S/C12H15ClN2O2/c1-17-11-7-14-6-10(11)15-12(16)8-3-2-4-9(13)5-8/h2-5,10-11,14H,6-7H2,1H3,(H,15,16)/t10?,11-/m1/s1. The number of amides is 1. The van der Waals surface area contributed by atoms with E-state index in [1.165, 1.54) is 0 Å². The smallest absolute Gasteiger partial charge is 0.251 e. The van der Waals surface area contributed by atoms with E-state index in [0.717, 1.165) is 13.1 Å². The second kappa shape index (κ2) is 5.49. The van der Waals surface area contributed by atoms with Crippen LogP contribution in [0.15, 0.2) is 24.3 Å². The molecule has 0 aromatic heterocycles. The molecule has 92 valence electrons. The summed E-state index contributed by atoms with van der Waals surface area (Å²) in [5.74, 6) is -0.122. The fourth-order valence-electron chi connectivity index (χ4n) is 1.93. The molecule has 1 unspecified atom stereocenters. The van der Waals surface area contributed by atoms with E-state index in [0.29, 0.717) is 10.6 Å². The van der Waals surface area contributed by atoms with Crippen molar-refractivity contribution >= 4 is 17.5 Å². The topological polar surface area (TPSA) is 50.4 Å². The number of benzene rings is 1. The van der Waals surface area contributed by atoms with Crippen molar-refractivity contribution in [2.75, 3.05) is 20.2 Å². The minimum atomic E-state index is -0.122. The average Bonchev–Trinajstić information content (AvgIpc) is 2.76. The highest BCUT2D eigenvalue weighted by Gasteiger charge is 2.28. The van der Waals surface area contributed by atoms with Crippen LogP contribution in [-0.2, 0) is 4.74 Å². The molecule has 2 rings (SSSR count). The van der Waals surface area contributed by atoms with Crippen LogP contribution >= 0.6 is 11.6 Å². The molecule has 1 aliphatic rings. The molecule has 0 spiro atoms. The Hall–Kier alpha value is -1.10. The summed E-state index contributed by atoms with van der Waals surface area (Å²) in [5.41, 5.74) is 0.569. The molecule has 17 heavy (non-hydrogen) atoms. The first-order chi connectivity index (χ1) is 8.20. The van der Waals surface area contributed by atoms with E-state index in [1.807, 2.05) is 0 Å². The Bertz CT molecular complexity index is 411. The second-order valence-electron chi connectivity index (χ2n) is 4.02. The monoisotopic (exact) mass is 254 g/mol. The van der Waals surface area contributed by atoms with Gasteiger partial charge in [0.2, 0.25) is 0 Å². The molecule has 1 aliphatic heterocycles. The molecule has 4 nitrogen and oxygen atoms in total. The van der Waals surface area contributed by atoms with Crippen LogP contribution in [0.4, 0.5) is 0 Å². The first kappa shape index (κ1) is 12.4. The Morgan fingerprint density at radius 1 is 1.53 bits per heavy atom. The Morgan fingerprint density at radius 3 is 3.06 bits per heavy atom. The zero-order chi connectivity index (χ0) is 12.3. The number of nitrogens with one attached hydrogen (secondary N) is 2. The number of hydrogen-bond acceptors (Lipinski definition) is 3. The van der Waals surface area contributed by atoms with Crippen LogP contribution in [-0.4, -0.2) is 38.3 Å². The number of halogens is 1. The van der Waals surface area contributed by atoms with E-state index in [2.05, 4.69) is 10.6 Å². The summed E-state index contributed by atoms with van der Waals surface area (Å²) in [6, 6.07) is 6.91. The maximum atomic E-state index is 12.0. The van der Waals surface area contributed by atoms with Crippen molar-refractivity contribution in [1.82, 2.24) is 10.6 Å². The van der Waals surface area contributed by atoms with Crippen LogP contribution in [0, 0.1) is 0 Å². The highest BCUT2D eigenvalue weighted by molar-refractivity contribution is 6.30. The lowest BCUT2D eigenvalue weighted by Crippen LogP contribution is -2.43. The van der Waals surface area contributed by atoms with Crippen LogP contribution in [0.1, 0.15) is 10.4 Å². The van der Waals surface area contributed by atoms with E-state index >= 15 is 0 Å². The van der Waals surface area contributed by atoms with E-state index in [1.54, 1.807) is 31.4 Å². The fraction of sp³-hybridized carbons (Fsp3) is 0.417. The molecule has 1 fully saturated rings. The van der Waals surface area contributed by atoms with Gasteiger partial charge in [-0.15, -0.1) is 0 Å². The van der Waals surface area contributed by atoms with Crippen molar-refractivity contribution < 1.29 is 9.53 Å². The molecular formula is C12H15ClN2O2. The first-order valence-electron chi connectivity index (χ1n) is 5.50. The largest absolute Gasteiger partial charge is 0.378 e. The maximum Gasteiger partial charge on any atom is 0.251 e. The average molecular weight is 255 g/mol. The quantitative estimate of drug-likeness (QED) is 0.848. The summed E-state index contributed by atoms with van der Waals surface area (Å²) in [7, 11) is 1.65. The lowest BCUT2D eigenvalue weighted by Gasteiger charge is -2.18. The fourth-order valence-corrected chi connectivity index (χ4v) is 2.12. The van der Waals surface area contributed by atoms with E-state index in [4.69, 9.17) is 16.3 Å². The number of carbonyl (C=O) groups excluding carboxylic acids is 1. The van der Waals surface area contributed by atoms with Gasteiger partial charge in [-0.2, -0.15) is 0 Å². The summed E-state index contributed by atoms with van der Waals surface area (Å²) in [4.78, 5) is 12.0. The molecule has 5 heteroatoms. The molecule has 2 N–H and O–H groups in total. The van der Waals surface area contributed by atoms with E-state index in [-0.39, 0.29) is 18.1 Å². The zero-order valence-electron chi connectivity index (χ0n) is 9.57.